The Morgan fingerprint density at radius 3 is 2.06 bits per heavy atom. The van der Waals surface area contributed by atoms with Crippen LogP contribution in [0.1, 0.15) is 80.0 Å². The first-order valence-corrected chi connectivity index (χ1v) is 28.0. The summed E-state index contributed by atoms with van der Waals surface area (Å²) < 4.78 is 5.35. The van der Waals surface area contributed by atoms with Crippen LogP contribution in [0.5, 0.6) is 5.75 Å². The number of benzene rings is 5. The highest BCUT2D eigenvalue weighted by Gasteiger charge is 2.42. The molecule has 5 aliphatic rings. The first-order chi connectivity index (χ1) is 37.7. The van der Waals surface area contributed by atoms with Crippen LogP contribution in [0, 0.1) is 11.8 Å². The number of aliphatic hydroxyl groups excluding tert-OH is 1. The van der Waals surface area contributed by atoms with E-state index in [1.54, 1.807) is 31.2 Å². The molecule has 6 aromatic rings. The van der Waals surface area contributed by atoms with Crippen molar-refractivity contribution in [3.8, 4) is 5.75 Å². The van der Waals surface area contributed by atoms with Gasteiger partial charge in [-0.15, -0.1) is 6.58 Å². The molecule has 1 unspecified atom stereocenters. The van der Waals surface area contributed by atoms with Crippen LogP contribution in [-0.4, -0.2) is 137 Å². The second-order valence-corrected chi connectivity index (χ2v) is 22.6. The van der Waals surface area contributed by atoms with Gasteiger partial charge in [0, 0.05) is 115 Å². The van der Waals surface area contributed by atoms with Crippen molar-refractivity contribution >= 4 is 40.4 Å². The molecule has 1 N–H and O–H groups in total. The average Bonchev–Trinajstić information content (AvgIpc) is 3.54. The van der Waals surface area contributed by atoms with Crippen molar-refractivity contribution < 1.29 is 24.2 Å². The first-order valence-electron chi connectivity index (χ1n) is 28.0. The van der Waals surface area contributed by atoms with E-state index in [1.165, 1.54) is 17.5 Å². The fourth-order valence-electron chi connectivity index (χ4n) is 11.8. The van der Waals surface area contributed by atoms with Gasteiger partial charge in [-0.1, -0.05) is 124 Å². The number of hydrogen-bond donors (Lipinski definition) is 1. The van der Waals surface area contributed by atoms with E-state index < -0.39 is 12.1 Å². The van der Waals surface area contributed by atoms with Crippen molar-refractivity contribution in [2.45, 2.75) is 83.6 Å². The van der Waals surface area contributed by atoms with E-state index in [0.29, 0.717) is 51.0 Å². The van der Waals surface area contributed by atoms with Crippen LogP contribution in [0.3, 0.4) is 0 Å². The van der Waals surface area contributed by atoms with Gasteiger partial charge in [0.25, 0.3) is 0 Å². The molecular weight excluding hydrogens is 971 g/mol. The number of nitrogens with zero attached hydrogens (tertiary/aromatic N) is 7. The molecule has 0 radical (unpaired) electrons. The van der Waals surface area contributed by atoms with Crippen molar-refractivity contribution in [1.82, 2.24) is 29.5 Å². The van der Waals surface area contributed by atoms with E-state index in [1.807, 2.05) is 88.7 Å². The van der Waals surface area contributed by atoms with E-state index in [4.69, 9.17) is 4.74 Å². The van der Waals surface area contributed by atoms with Crippen LogP contribution in [0.15, 0.2) is 158 Å². The lowest BCUT2D eigenvalue weighted by molar-refractivity contribution is -0.145. The van der Waals surface area contributed by atoms with Crippen molar-refractivity contribution in [2.75, 3.05) is 77.5 Å². The van der Waals surface area contributed by atoms with Gasteiger partial charge in [0.05, 0.1) is 18.7 Å². The second kappa shape index (κ2) is 25.6. The fourth-order valence-corrected chi connectivity index (χ4v) is 11.8. The molecule has 0 saturated carbocycles. The van der Waals surface area contributed by atoms with E-state index in [9.17, 15) is 19.5 Å². The van der Waals surface area contributed by atoms with Gasteiger partial charge in [0.2, 0.25) is 17.7 Å². The molecule has 408 valence electrons. The molecule has 6 heterocycles. The Morgan fingerprint density at radius 2 is 1.45 bits per heavy atom. The number of carbonyl (C=O) groups excluding carboxylic acids is 3. The van der Waals surface area contributed by atoms with Crippen LogP contribution in [0.2, 0.25) is 0 Å². The van der Waals surface area contributed by atoms with Crippen LogP contribution >= 0.6 is 0 Å². The van der Waals surface area contributed by atoms with Crippen LogP contribution in [0.25, 0.3) is 17.0 Å². The number of methoxy groups -OCH3 is 1. The van der Waals surface area contributed by atoms with E-state index in [-0.39, 0.29) is 29.2 Å². The van der Waals surface area contributed by atoms with Crippen molar-refractivity contribution in [3.63, 3.8) is 0 Å². The molecule has 5 aliphatic heterocycles. The average molecular weight is 1050 g/mol. The van der Waals surface area contributed by atoms with Crippen LogP contribution < -0.4 is 9.64 Å². The number of carbonyl (C=O) groups is 3. The lowest BCUT2D eigenvalue weighted by Gasteiger charge is -2.50. The van der Waals surface area contributed by atoms with Crippen molar-refractivity contribution in [3.05, 3.63) is 192 Å². The number of anilines is 1. The van der Waals surface area contributed by atoms with Crippen LogP contribution in [-0.2, 0) is 39.3 Å². The number of fused-ring (bicyclic) bond motifs is 4. The molecule has 0 spiro atoms. The second-order valence-electron chi connectivity index (χ2n) is 22.6. The highest BCUT2D eigenvalue weighted by molar-refractivity contribution is 5.96. The smallest absolute Gasteiger partial charge is 0.247 e. The Bertz CT molecular complexity index is 2980. The van der Waals surface area contributed by atoms with Gasteiger partial charge in [-0.3, -0.25) is 29.2 Å². The molecule has 1 aromatic heterocycles. The largest absolute Gasteiger partial charge is 0.497 e. The number of pyridine rings is 1. The minimum Gasteiger partial charge on any atom is -0.497 e. The summed E-state index contributed by atoms with van der Waals surface area (Å²) in [4.78, 5) is 58.2. The minimum absolute atomic E-state index is 0.0190. The molecule has 12 nitrogen and oxygen atoms in total. The van der Waals surface area contributed by atoms with Gasteiger partial charge in [-0.05, 0) is 112 Å². The van der Waals surface area contributed by atoms with Crippen LogP contribution in [0.4, 0.5) is 5.69 Å². The number of ether oxygens (including phenoxy) is 1. The number of aliphatic hydroxyl groups is 1. The molecule has 6 atom stereocenters. The summed E-state index contributed by atoms with van der Waals surface area (Å²) in [7, 11) is 1.66. The maximum atomic E-state index is 14.7. The summed E-state index contributed by atoms with van der Waals surface area (Å²) in [5.41, 5.74) is 8.36. The van der Waals surface area contributed by atoms with E-state index in [0.717, 1.165) is 96.8 Å². The predicted molar refractivity (Wildman–Crippen MR) is 313 cm³/mol. The molecule has 3 amide bonds. The highest BCUT2D eigenvalue weighted by Crippen LogP contribution is 2.42. The lowest BCUT2D eigenvalue weighted by atomic mass is 9.73. The Hall–Kier alpha value is -7.12. The summed E-state index contributed by atoms with van der Waals surface area (Å²) in [6.45, 7) is 21.1. The first kappa shape index (κ1) is 55.6. The van der Waals surface area contributed by atoms with Gasteiger partial charge < -0.3 is 29.4 Å². The molecule has 78 heavy (non-hydrogen) atoms. The zero-order chi connectivity index (χ0) is 54.8. The van der Waals surface area contributed by atoms with Gasteiger partial charge in [-0.25, -0.2) is 0 Å². The molecule has 11 rings (SSSR count). The summed E-state index contributed by atoms with van der Waals surface area (Å²) in [6.07, 6.45) is 9.52. The van der Waals surface area contributed by atoms with Crippen molar-refractivity contribution in [1.29, 1.82) is 0 Å². The zero-order valence-corrected chi connectivity index (χ0v) is 46.4. The Labute approximate surface area is 462 Å². The molecule has 5 fully saturated rings. The Balaban J connectivity index is 0.000000254. The third-order valence-corrected chi connectivity index (χ3v) is 16.5. The topological polar surface area (TPSA) is 113 Å². The molecule has 2 bridgehead atoms. The van der Waals surface area contributed by atoms with E-state index in [2.05, 4.69) is 114 Å². The SMILES string of the molecule is C=C[C@H]1CN2CC[C@H]1C[C@H]2[C@H](O)c1ccnc2ccc(OC)cc12.CC(=O)N1CCN(c2ccc(CN(C(=O)/C=C/c3ccc(C(C)(C)C)cc3)[C@@H](Cc3ccccc3)C(=O)N3CCN(Cc4ccccc4)CC3)cc2)CC1. The standard InChI is InChI=1S/C46H55N5O3.C20H24N2O2/c1-36(52)48-29-31-49(32-30-48)42-22-17-40(18-23-42)35-51(44(53)24-19-37-15-20-41(21-16-37)46(2,3)4)43(33-38-11-7-5-8-12-38)45(54)50-27-25-47(26-28-50)34-39-13-9-6-10-14-39;1-3-13-12-22-9-7-14(13)10-19(22)20(23)16-6-8-21-18-5-4-15(24-2)11-17(16)18/h5-24,43H,25-35H2,1-4H3;3-6,8,11,13-14,19-20,23H,1,7,9-10,12H2,2H3/b24-19+;/t43-;13-,14-,19-,20+/m00/s1. The van der Waals surface area contributed by atoms with E-state index >= 15 is 0 Å². The number of piperidine rings is 3. The van der Waals surface area contributed by atoms with Gasteiger partial charge >= 0.3 is 0 Å². The monoisotopic (exact) mass is 1050 g/mol. The lowest BCUT2D eigenvalue weighted by Crippen LogP contribution is -2.56. The molecule has 0 aliphatic carbocycles. The van der Waals surface area contributed by atoms with Gasteiger partial charge in [0.15, 0.2) is 0 Å². The maximum absolute atomic E-state index is 14.7. The van der Waals surface area contributed by atoms with Gasteiger partial charge in [0.1, 0.15) is 11.8 Å². The summed E-state index contributed by atoms with van der Waals surface area (Å²) >= 11 is 0. The molecule has 5 aromatic carbocycles. The predicted octanol–water partition coefficient (Wildman–Crippen LogP) is 9.82. The summed E-state index contributed by atoms with van der Waals surface area (Å²) in [5, 5.41) is 12.1. The number of aromatic nitrogens is 1. The molecular formula is C66H79N7O5. The zero-order valence-electron chi connectivity index (χ0n) is 46.4. The third kappa shape index (κ3) is 13.8. The maximum Gasteiger partial charge on any atom is 0.247 e. The summed E-state index contributed by atoms with van der Waals surface area (Å²) in [6, 6.07) is 44.4. The van der Waals surface area contributed by atoms with Gasteiger partial charge in [-0.2, -0.15) is 0 Å². The Kier molecular flexibility index (Phi) is 18.2. The minimum atomic E-state index is -0.687. The third-order valence-electron chi connectivity index (χ3n) is 16.5. The number of rotatable bonds is 15. The highest BCUT2D eigenvalue weighted by atomic mass is 16.5. The number of hydrogen-bond acceptors (Lipinski definition) is 9. The molecule has 12 heteroatoms. The molecule has 5 saturated heterocycles. The Morgan fingerprint density at radius 1 is 0.782 bits per heavy atom. The van der Waals surface area contributed by atoms with Crippen molar-refractivity contribution in [2.24, 2.45) is 11.8 Å². The normalized spacial score (nSPS) is 20.4. The quantitative estimate of drug-likeness (QED) is 0.0794. The summed E-state index contributed by atoms with van der Waals surface area (Å²) in [5.74, 6) is 1.90. The fraction of sp³-hybridized carbons (Fsp3) is 0.394. The number of piperazine rings is 2. The number of amides is 3.